The molecular weight excluding hydrogens is 309 g/mol. The van der Waals surface area contributed by atoms with Crippen LogP contribution in [0, 0.1) is 17.1 Å². The van der Waals surface area contributed by atoms with Gasteiger partial charge in [-0.05, 0) is 41.8 Å². The maximum Gasteiger partial charge on any atom is 0.139 e. The van der Waals surface area contributed by atoms with Crippen LogP contribution in [0.5, 0.6) is 0 Å². The van der Waals surface area contributed by atoms with E-state index in [9.17, 15) is 4.39 Å². The average Bonchev–Trinajstić information content (AvgIpc) is 3.06. The molecule has 0 saturated heterocycles. The number of anilines is 2. The van der Waals surface area contributed by atoms with E-state index in [2.05, 4.69) is 21.8 Å². The fourth-order valence-electron chi connectivity index (χ4n) is 2.56. The summed E-state index contributed by atoms with van der Waals surface area (Å²) in [4.78, 5) is 4.65. The van der Waals surface area contributed by atoms with E-state index in [-0.39, 0.29) is 5.82 Å². The van der Waals surface area contributed by atoms with Crippen molar-refractivity contribution in [2.45, 2.75) is 0 Å². The Hall–Kier alpha value is -2.97. The zero-order valence-electron chi connectivity index (χ0n) is 11.9. The highest BCUT2D eigenvalue weighted by Crippen LogP contribution is 2.33. The Kier molecular flexibility index (Phi) is 3.18. The van der Waals surface area contributed by atoms with Crippen LogP contribution in [0.15, 0.2) is 53.2 Å². The number of fused-ring (bicyclic) bond motifs is 3. The third kappa shape index (κ3) is 2.39. The topological polar surface area (TPSA) is 48.7 Å². The van der Waals surface area contributed by atoms with Crippen molar-refractivity contribution in [3.8, 4) is 6.07 Å². The molecule has 0 aliphatic carbocycles. The summed E-state index contributed by atoms with van der Waals surface area (Å²) < 4.78 is 13.0. The number of benzene rings is 2. The van der Waals surface area contributed by atoms with Crippen LogP contribution < -0.4 is 5.32 Å². The van der Waals surface area contributed by atoms with Crippen LogP contribution in [-0.2, 0) is 0 Å². The number of thiophene rings is 1. The van der Waals surface area contributed by atoms with E-state index in [1.54, 1.807) is 35.6 Å². The van der Waals surface area contributed by atoms with E-state index >= 15 is 0 Å². The molecule has 1 N–H and O–H groups in total. The van der Waals surface area contributed by atoms with Gasteiger partial charge in [0.15, 0.2) is 0 Å². The summed E-state index contributed by atoms with van der Waals surface area (Å²) in [6, 6.07) is 13.8. The van der Waals surface area contributed by atoms with Crippen molar-refractivity contribution in [1.82, 2.24) is 4.98 Å². The third-order valence-electron chi connectivity index (χ3n) is 3.67. The molecule has 0 bridgehead atoms. The smallest absolute Gasteiger partial charge is 0.139 e. The summed E-state index contributed by atoms with van der Waals surface area (Å²) in [5, 5.41) is 19.5. The van der Waals surface area contributed by atoms with Crippen LogP contribution in [0.25, 0.3) is 21.7 Å². The van der Waals surface area contributed by atoms with Crippen molar-refractivity contribution in [1.29, 1.82) is 5.26 Å². The minimum Gasteiger partial charge on any atom is -0.340 e. The molecule has 110 valence electrons. The van der Waals surface area contributed by atoms with Gasteiger partial charge in [0.2, 0.25) is 0 Å². The Morgan fingerprint density at radius 2 is 1.78 bits per heavy atom. The first-order valence-corrected chi connectivity index (χ1v) is 7.91. The SMILES string of the molecule is N#Cc1ccc2c(c1)nc(Nc1ccc(F)cc1)c1cscc12. The molecule has 2 heterocycles. The maximum atomic E-state index is 13.0. The van der Waals surface area contributed by atoms with Gasteiger partial charge < -0.3 is 5.32 Å². The zero-order chi connectivity index (χ0) is 15.8. The van der Waals surface area contributed by atoms with Crippen molar-refractivity contribution in [3.63, 3.8) is 0 Å². The predicted octanol–water partition coefficient (Wildman–Crippen LogP) is 5.20. The zero-order valence-corrected chi connectivity index (χ0v) is 12.7. The fraction of sp³-hybridized carbons (Fsp3) is 0. The number of halogens is 1. The van der Waals surface area contributed by atoms with Gasteiger partial charge in [-0.15, -0.1) is 0 Å². The first-order valence-electron chi connectivity index (χ1n) is 6.97. The third-order valence-corrected chi connectivity index (χ3v) is 4.42. The lowest BCUT2D eigenvalue weighted by atomic mass is 10.1. The van der Waals surface area contributed by atoms with Crippen molar-refractivity contribution in [2.75, 3.05) is 5.32 Å². The van der Waals surface area contributed by atoms with Crippen molar-refractivity contribution >= 4 is 44.5 Å². The van der Waals surface area contributed by atoms with Crippen LogP contribution >= 0.6 is 11.3 Å². The number of nitrogens with one attached hydrogen (secondary N) is 1. The van der Waals surface area contributed by atoms with Crippen LogP contribution in [-0.4, -0.2) is 4.98 Å². The number of nitrogens with zero attached hydrogens (tertiary/aromatic N) is 2. The summed E-state index contributed by atoms with van der Waals surface area (Å²) in [6.45, 7) is 0. The Morgan fingerprint density at radius 3 is 2.57 bits per heavy atom. The van der Waals surface area contributed by atoms with E-state index in [0.29, 0.717) is 11.4 Å². The van der Waals surface area contributed by atoms with Gasteiger partial charge in [0, 0.05) is 27.2 Å². The molecule has 2 aromatic heterocycles. The summed E-state index contributed by atoms with van der Waals surface area (Å²) in [5.74, 6) is 0.428. The lowest BCUT2D eigenvalue weighted by Crippen LogP contribution is -1.95. The Morgan fingerprint density at radius 1 is 1.00 bits per heavy atom. The molecule has 0 fully saturated rings. The van der Waals surface area contributed by atoms with E-state index in [4.69, 9.17) is 5.26 Å². The van der Waals surface area contributed by atoms with Crippen LogP contribution in [0.2, 0.25) is 0 Å². The number of aromatic nitrogens is 1. The van der Waals surface area contributed by atoms with E-state index in [1.807, 2.05) is 11.4 Å². The minimum absolute atomic E-state index is 0.277. The minimum atomic E-state index is -0.277. The number of pyridine rings is 1. The summed E-state index contributed by atoms with van der Waals surface area (Å²) in [7, 11) is 0. The quantitative estimate of drug-likeness (QED) is 0.552. The standard InChI is InChI=1S/C18H10FN3S/c19-12-2-4-13(5-3-12)21-18-16-10-23-9-15(16)14-6-1-11(8-20)7-17(14)22-18/h1-7,9-10H,(H,21,22). The van der Waals surface area contributed by atoms with Gasteiger partial charge in [0.05, 0.1) is 17.1 Å². The molecule has 0 radical (unpaired) electrons. The number of hydrogen-bond acceptors (Lipinski definition) is 4. The van der Waals surface area contributed by atoms with Gasteiger partial charge in [-0.3, -0.25) is 0 Å². The molecule has 0 atom stereocenters. The lowest BCUT2D eigenvalue weighted by Gasteiger charge is -2.09. The van der Waals surface area contributed by atoms with Gasteiger partial charge in [-0.25, -0.2) is 9.37 Å². The summed E-state index contributed by atoms with van der Waals surface area (Å²) in [6.07, 6.45) is 0. The molecule has 23 heavy (non-hydrogen) atoms. The Labute approximate surface area is 135 Å². The van der Waals surface area contributed by atoms with Crippen molar-refractivity contribution < 1.29 is 4.39 Å². The first kappa shape index (κ1) is 13.7. The molecule has 0 aliphatic rings. The predicted molar refractivity (Wildman–Crippen MR) is 91.5 cm³/mol. The van der Waals surface area contributed by atoms with Crippen LogP contribution in [0.4, 0.5) is 15.9 Å². The fourth-order valence-corrected chi connectivity index (χ4v) is 3.39. The normalized spacial score (nSPS) is 10.8. The van der Waals surface area contributed by atoms with Gasteiger partial charge in [0.1, 0.15) is 11.6 Å². The number of hydrogen-bond donors (Lipinski definition) is 1. The highest BCUT2D eigenvalue weighted by molar-refractivity contribution is 7.09. The van der Waals surface area contributed by atoms with Gasteiger partial charge >= 0.3 is 0 Å². The molecule has 4 rings (SSSR count). The van der Waals surface area contributed by atoms with Crippen LogP contribution in [0.3, 0.4) is 0 Å². The Balaban J connectivity index is 1.91. The highest BCUT2D eigenvalue weighted by atomic mass is 32.1. The highest BCUT2D eigenvalue weighted by Gasteiger charge is 2.10. The second kappa shape index (κ2) is 5.34. The monoisotopic (exact) mass is 319 g/mol. The lowest BCUT2D eigenvalue weighted by molar-refractivity contribution is 0.628. The average molecular weight is 319 g/mol. The Bertz CT molecular complexity index is 1060. The van der Waals surface area contributed by atoms with E-state index in [1.165, 1.54) is 12.1 Å². The molecule has 0 unspecified atom stereocenters. The molecule has 4 aromatic rings. The molecule has 3 nitrogen and oxygen atoms in total. The molecule has 0 saturated carbocycles. The molecular formula is C18H10FN3S. The van der Waals surface area contributed by atoms with Gasteiger partial charge in [-0.1, -0.05) is 6.07 Å². The first-order chi connectivity index (χ1) is 11.2. The maximum absolute atomic E-state index is 13.0. The molecule has 5 heteroatoms. The van der Waals surface area contributed by atoms with E-state index < -0.39 is 0 Å². The summed E-state index contributed by atoms with van der Waals surface area (Å²) in [5.41, 5.74) is 2.11. The number of nitriles is 1. The largest absolute Gasteiger partial charge is 0.340 e. The van der Waals surface area contributed by atoms with E-state index in [0.717, 1.165) is 27.4 Å². The molecule has 0 amide bonds. The second-order valence-electron chi connectivity index (χ2n) is 5.14. The van der Waals surface area contributed by atoms with Gasteiger partial charge in [0.25, 0.3) is 0 Å². The van der Waals surface area contributed by atoms with Crippen molar-refractivity contribution in [2.24, 2.45) is 0 Å². The summed E-state index contributed by atoms with van der Waals surface area (Å²) >= 11 is 1.60. The molecule has 0 aliphatic heterocycles. The second-order valence-corrected chi connectivity index (χ2v) is 5.88. The number of rotatable bonds is 2. The van der Waals surface area contributed by atoms with Crippen LogP contribution in [0.1, 0.15) is 5.56 Å². The van der Waals surface area contributed by atoms with Gasteiger partial charge in [-0.2, -0.15) is 16.6 Å². The van der Waals surface area contributed by atoms with Crippen molar-refractivity contribution in [3.05, 3.63) is 64.6 Å². The molecule has 0 spiro atoms. The molecule has 2 aromatic carbocycles.